The van der Waals surface area contributed by atoms with Crippen molar-refractivity contribution in [2.24, 2.45) is 0 Å². The van der Waals surface area contributed by atoms with Crippen molar-refractivity contribution in [1.82, 2.24) is 9.80 Å². The zero-order valence-corrected chi connectivity index (χ0v) is 19.3. The molecule has 0 aliphatic carbocycles. The van der Waals surface area contributed by atoms with Crippen LogP contribution in [-0.4, -0.2) is 58.5 Å². The first-order chi connectivity index (χ1) is 16.4. The van der Waals surface area contributed by atoms with Gasteiger partial charge in [-0.15, -0.1) is 0 Å². The minimum absolute atomic E-state index is 0.115. The number of rotatable bonds is 6. The van der Waals surface area contributed by atoms with E-state index in [1.165, 1.54) is 31.4 Å². The number of carbonyl (C=O) groups is 3. The van der Waals surface area contributed by atoms with Crippen molar-refractivity contribution < 1.29 is 28.5 Å². The van der Waals surface area contributed by atoms with Crippen LogP contribution in [-0.2, 0) is 9.59 Å². The molecule has 11 heteroatoms. The fraction of sp³-hybridized carbons (Fsp3) is 0.348. The van der Waals surface area contributed by atoms with Gasteiger partial charge in [-0.1, -0.05) is 12.8 Å². The number of hydrogen-bond donors (Lipinski definition) is 0. The second-order valence-electron chi connectivity index (χ2n) is 7.91. The lowest BCUT2D eigenvalue weighted by atomic mass is 10.1. The normalized spacial score (nSPS) is 17.9. The van der Waals surface area contributed by atoms with Crippen LogP contribution >= 0.6 is 11.8 Å². The maximum atomic E-state index is 12.8. The summed E-state index contributed by atoms with van der Waals surface area (Å²) in [5.41, 5.74) is 0.389. The largest absolute Gasteiger partial charge is 0.496 e. The number of ether oxygens (including phenoxy) is 1. The van der Waals surface area contributed by atoms with Crippen molar-refractivity contribution in [2.45, 2.75) is 25.7 Å². The Hall–Kier alpha value is -3.60. The van der Waals surface area contributed by atoms with Gasteiger partial charge in [-0.05, 0) is 42.8 Å². The minimum Gasteiger partial charge on any atom is -0.496 e. The molecule has 2 aliphatic rings. The van der Waals surface area contributed by atoms with Gasteiger partial charge in [-0.25, -0.2) is 0 Å². The highest BCUT2D eigenvalue weighted by Crippen LogP contribution is 2.36. The summed E-state index contributed by atoms with van der Waals surface area (Å²) in [6.45, 7) is 1.02. The number of hydrogen-bond acceptors (Lipinski definition) is 8. The molecule has 1 aromatic carbocycles. The average molecular weight is 486 g/mol. The third kappa shape index (κ3) is 4.98. The van der Waals surface area contributed by atoms with E-state index in [1.54, 1.807) is 17.0 Å². The van der Waals surface area contributed by atoms with Crippen LogP contribution < -0.4 is 4.74 Å². The molecule has 4 rings (SSSR count). The first kappa shape index (κ1) is 23.6. The number of nitro groups is 1. The Morgan fingerprint density at radius 2 is 1.91 bits per heavy atom. The third-order valence-corrected chi connectivity index (χ3v) is 6.59. The van der Waals surface area contributed by atoms with E-state index in [4.69, 9.17) is 9.15 Å². The highest BCUT2D eigenvalue weighted by molar-refractivity contribution is 8.18. The molecule has 0 unspecified atom stereocenters. The molecule has 3 amide bonds. The van der Waals surface area contributed by atoms with Crippen molar-refractivity contribution in [3.63, 3.8) is 0 Å². The van der Waals surface area contributed by atoms with Crippen molar-refractivity contribution in [3.05, 3.63) is 51.1 Å². The molecule has 2 fully saturated rings. The molecule has 0 spiro atoms. The molecule has 2 aliphatic heterocycles. The molecule has 1 aromatic heterocycles. The molecule has 0 N–H and O–H groups in total. The second kappa shape index (κ2) is 10.1. The van der Waals surface area contributed by atoms with E-state index in [9.17, 15) is 24.5 Å². The fourth-order valence-corrected chi connectivity index (χ4v) is 4.71. The van der Waals surface area contributed by atoms with Gasteiger partial charge < -0.3 is 14.1 Å². The van der Waals surface area contributed by atoms with Crippen LogP contribution in [0.25, 0.3) is 17.4 Å². The average Bonchev–Trinajstić information content (AvgIpc) is 3.25. The molecule has 2 aromatic rings. The van der Waals surface area contributed by atoms with Crippen molar-refractivity contribution in [1.29, 1.82) is 0 Å². The van der Waals surface area contributed by atoms with Gasteiger partial charge in [0.15, 0.2) is 0 Å². The van der Waals surface area contributed by atoms with E-state index in [-0.39, 0.29) is 28.8 Å². The lowest BCUT2D eigenvalue weighted by molar-refractivity contribution is -0.384. The quantitative estimate of drug-likeness (QED) is 0.337. The van der Waals surface area contributed by atoms with Crippen LogP contribution in [0.2, 0.25) is 0 Å². The van der Waals surface area contributed by atoms with Crippen molar-refractivity contribution in [3.8, 4) is 17.1 Å². The molecular weight excluding hydrogens is 462 g/mol. The molecular formula is C23H23N3O7S. The maximum Gasteiger partial charge on any atom is 0.294 e. The number of likely N-dealkylation sites (tertiary alicyclic amines) is 1. The number of methoxy groups -OCH3 is 1. The molecule has 0 radical (unpaired) electrons. The van der Waals surface area contributed by atoms with Crippen LogP contribution in [0.3, 0.4) is 0 Å². The number of nitro benzene ring substituents is 1. The minimum atomic E-state index is -0.538. The smallest absolute Gasteiger partial charge is 0.294 e. The van der Waals surface area contributed by atoms with Crippen LogP contribution in [0.15, 0.2) is 39.7 Å². The Kier molecular flexibility index (Phi) is 7.01. The summed E-state index contributed by atoms with van der Waals surface area (Å²) < 4.78 is 11.0. The first-order valence-corrected chi connectivity index (χ1v) is 11.6. The lowest BCUT2D eigenvalue weighted by Crippen LogP contribution is -2.42. The summed E-state index contributed by atoms with van der Waals surface area (Å²) in [6, 6.07) is 7.41. The number of nitrogens with zero attached hydrogens (tertiary/aromatic N) is 3. The number of non-ortho nitro benzene ring substituents is 1. The highest BCUT2D eigenvalue weighted by atomic mass is 32.2. The van der Waals surface area contributed by atoms with E-state index in [0.29, 0.717) is 30.2 Å². The van der Waals surface area contributed by atoms with E-state index < -0.39 is 16.1 Å². The molecule has 34 heavy (non-hydrogen) atoms. The molecule has 0 atom stereocenters. The molecule has 178 valence electrons. The number of benzene rings is 1. The summed E-state index contributed by atoms with van der Waals surface area (Å²) >= 11 is 0.755. The predicted molar refractivity (Wildman–Crippen MR) is 125 cm³/mol. The maximum absolute atomic E-state index is 12.8. The SMILES string of the molecule is COc1cc([N+](=O)[O-])ccc1-c1ccc(C=C2SC(=O)N(CC(=O)N3CCCCCC3)C2=O)o1. The number of imide groups is 1. The first-order valence-electron chi connectivity index (χ1n) is 10.8. The summed E-state index contributed by atoms with van der Waals surface area (Å²) in [4.78, 5) is 51.2. The third-order valence-electron chi connectivity index (χ3n) is 5.69. The van der Waals surface area contributed by atoms with Crippen LogP contribution in [0.4, 0.5) is 10.5 Å². The second-order valence-corrected chi connectivity index (χ2v) is 8.90. The Morgan fingerprint density at radius 3 is 2.59 bits per heavy atom. The molecule has 0 bridgehead atoms. The van der Waals surface area contributed by atoms with Gasteiger partial charge in [0, 0.05) is 25.2 Å². The van der Waals surface area contributed by atoms with Gasteiger partial charge in [0.2, 0.25) is 5.91 Å². The van der Waals surface area contributed by atoms with Crippen molar-refractivity contribution >= 4 is 40.6 Å². The van der Waals surface area contributed by atoms with E-state index in [0.717, 1.165) is 42.3 Å². The fourth-order valence-electron chi connectivity index (χ4n) is 3.89. The topological polar surface area (TPSA) is 123 Å². The van der Waals surface area contributed by atoms with E-state index in [2.05, 4.69) is 0 Å². The summed E-state index contributed by atoms with van der Waals surface area (Å²) in [5, 5.41) is 10.5. The number of furan rings is 1. The van der Waals surface area contributed by atoms with E-state index in [1.807, 2.05) is 0 Å². The van der Waals surface area contributed by atoms with E-state index >= 15 is 0 Å². The Balaban J connectivity index is 1.49. The monoisotopic (exact) mass is 485 g/mol. The molecule has 3 heterocycles. The van der Waals surface area contributed by atoms with Gasteiger partial charge >= 0.3 is 0 Å². The van der Waals surface area contributed by atoms with Gasteiger partial charge in [0.05, 0.1) is 28.6 Å². The predicted octanol–water partition coefficient (Wildman–Crippen LogP) is 4.30. The molecule has 0 saturated carbocycles. The van der Waals surface area contributed by atoms with Gasteiger partial charge in [0.25, 0.3) is 16.8 Å². The van der Waals surface area contributed by atoms with Crippen LogP contribution in [0.1, 0.15) is 31.4 Å². The zero-order chi connectivity index (χ0) is 24.2. The van der Waals surface area contributed by atoms with Crippen LogP contribution in [0.5, 0.6) is 5.75 Å². The Labute approximate surface area is 199 Å². The number of carbonyl (C=O) groups excluding carboxylic acids is 3. The highest BCUT2D eigenvalue weighted by Gasteiger charge is 2.37. The standard InChI is InChI=1S/C23H23N3O7S/c1-32-19-12-15(26(30)31)6-8-17(19)18-9-7-16(33-18)13-20-22(28)25(23(29)34-20)14-21(27)24-10-4-2-3-5-11-24/h6-9,12-13H,2-5,10-11,14H2,1H3. The summed E-state index contributed by atoms with van der Waals surface area (Å²) in [5.74, 6) is 0.204. The molecule has 10 nitrogen and oxygen atoms in total. The zero-order valence-electron chi connectivity index (χ0n) is 18.5. The summed E-state index contributed by atoms with van der Waals surface area (Å²) in [7, 11) is 1.40. The van der Waals surface area contributed by atoms with Crippen molar-refractivity contribution in [2.75, 3.05) is 26.7 Å². The Bertz CT molecular complexity index is 1170. The lowest BCUT2D eigenvalue weighted by Gasteiger charge is -2.22. The molecule has 2 saturated heterocycles. The van der Waals surface area contributed by atoms with Gasteiger partial charge in [-0.2, -0.15) is 0 Å². The number of amides is 3. The Morgan fingerprint density at radius 1 is 1.18 bits per heavy atom. The number of thioether (sulfide) groups is 1. The summed E-state index contributed by atoms with van der Waals surface area (Å²) in [6.07, 6.45) is 5.44. The van der Waals surface area contributed by atoms with Gasteiger partial charge in [-0.3, -0.25) is 29.4 Å². The van der Waals surface area contributed by atoms with Gasteiger partial charge in [0.1, 0.15) is 23.8 Å². The van der Waals surface area contributed by atoms with Crippen LogP contribution in [0, 0.1) is 10.1 Å².